The Kier molecular flexibility index (Phi) is 4.33. The third kappa shape index (κ3) is 3.45. The Morgan fingerprint density at radius 1 is 1.43 bits per heavy atom. The van der Waals surface area contributed by atoms with E-state index >= 15 is 0 Å². The van der Waals surface area contributed by atoms with Crippen LogP contribution in [0, 0.1) is 0 Å². The van der Waals surface area contributed by atoms with E-state index in [1.54, 1.807) is 0 Å². The van der Waals surface area contributed by atoms with Gasteiger partial charge in [0.05, 0.1) is 30.7 Å². The summed E-state index contributed by atoms with van der Waals surface area (Å²) >= 11 is 0. The molecule has 0 saturated carbocycles. The zero-order chi connectivity index (χ0) is 15.4. The molecule has 1 atom stereocenters. The van der Waals surface area contributed by atoms with Gasteiger partial charge >= 0.3 is 12.0 Å². The molecule has 3 amide bonds. The quantitative estimate of drug-likeness (QED) is 0.687. The van der Waals surface area contributed by atoms with Crippen LogP contribution in [0.5, 0.6) is 0 Å². The van der Waals surface area contributed by atoms with Gasteiger partial charge in [0.2, 0.25) is 5.91 Å². The molecule has 1 fully saturated rings. The van der Waals surface area contributed by atoms with Gasteiger partial charge in [-0.1, -0.05) is 0 Å². The zero-order valence-corrected chi connectivity index (χ0v) is 11.0. The molecule has 9 heteroatoms. The van der Waals surface area contributed by atoms with E-state index in [2.05, 4.69) is 10.3 Å². The van der Waals surface area contributed by atoms with Crippen LogP contribution in [0.2, 0.25) is 0 Å². The summed E-state index contributed by atoms with van der Waals surface area (Å²) in [7, 11) is 0. The maximum absolute atomic E-state index is 12.1. The van der Waals surface area contributed by atoms with E-state index in [4.69, 9.17) is 15.6 Å². The lowest BCUT2D eigenvalue weighted by atomic mass is 10.2. The summed E-state index contributed by atoms with van der Waals surface area (Å²) in [6.07, 6.45) is 2.48. The van der Waals surface area contributed by atoms with E-state index in [-0.39, 0.29) is 24.4 Å². The van der Waals surface area contributed by atoms with Crippen LogP contribution in [0.4, 0.5) is 10.5 Å². The van der Waals surface area contributed by atoms with Crippen molar-refractivity contribution in [1.82, 2.24) is 9.88 Å². The summed E-state index contributed by atoms with van der Waals surface area (Å²) < 4.78 is 5.11. The number of pyridine rings is 1. The second-order valence-corrected chi connectivity index (χ2v) is 4.38. The van der Waals surface area contributed by atoms with Gasteiger partial charge in [0.15, 0.2) is 0 Å². The van der Waals surface area contributed by atoms with Crippen LogP contribution in [0.15, 0.2) is 18.5 Å². The van der Waals surface area contributed by atoms with Gasteiger partial charge < -0.3 is 25.8 Å². The average Bonchev–Trinajstić information content (AvgIpc) is 2.47. The number of hydrogen-bond donors (Lipinski definition) is 3. The number of aromatic carboxylic acids is 1. The number of anilines is 1. The minimum absolute atomic E-state index is 0.0379. The predicted octanol–water partition coefficient (Wildman–Crippen LogP) is -0.502. The summed E-state index contributed by atoms with van der Waals surface area (Å²) in [6.45, 7) is 0.548. The SMILES string of the molecule is NC(=O)C1COCCN1C(=O)Nc1cncc(C(=O)O)c1. The highest BCUT2D eigenvalue weighted by Gasteiger charge is 2.31. The zero-order valence-electron chi connectivity index (χ0n) is 11.0. The first-order valence-corrected chi connectivity index (χ1v) is 6.12. The van der Waals surface area contributed by atoms with E-state index in [1.165, 1.54) is 23.4 Å². The van der Waals surface area contributed by atoms with Crippen LogP contribution in [0.25, 0.3) is 0 Å². The van der Waals surface area contributed by atoms with E-state index in [1.807, 2.05) is 0 Å². The maximum atomic E-state index is 12.1. The number of carboxylic acids is 1. The molecule has 1 aliphatic heterocycles. The Hall–Kier alpha value is -2.68. The summed E-state index contributed by atoms with van der Waals surface area (Å²) in [5, 5.41) is 11.4. The van der Waals surface area contributed by atoms with Crippen LogP contribution >= 0.6 is 0 Å². The Labute approximate surface area is 119 Å². The lowest BCUT2D eigenvalue weighted by Gasteiger charge is -2.33. The molecule has 1 saturated heterocycles. The van der Waals surface area contributed by atoms with Crippen LogP contribution in [-0.2, 0) is 9.53 Å². The van der Waals surface area contributed by atoms with Crippen molar-refractivity contribution >= 4 is 23.6 Å². The average molecular weight is 294 g/mol. The second kappa shape index (κ2) is 6.18. The highest BCUT2D eigenvalue weighted by molar-refractivity contribution is 5.95. The molecule has 0 aromatic carbocycles. The molecule has 9 nitrogen and oxygen atoms in total. The largest absolute Gasteiger partial charge is 0.478 e. The molecule has 1 aliphatic rings. The van der Waals surface area contributed by atoms with E-state index in [9.17, 15) is 14.4 Å². The smallest absolute Gasteiger partial charge is 0.337 e. The Balaban J connectivity index is 2.11. The fraction of sp³-hybridized carbons (Fsp3) is 0.333. The van der Waals surface area contributed by atoms with Crippen molar-refractivity contribution in [1.29, 1.82) is 0 Å². The molecule has 0 radical (unpaired) electrons. The van der Waals surface area contributed by atoms with Gasteiger partial charge in [-0.25, -0.2) is 9.59 Å². The normalized spacial score (nSPS) is 18.1. The highest BCUT2D eigenvalue weighted by Crippen LogP contribution is 2.12. The number of nitrogens with one attached hydrogen (secondary N) is 1. The lowest BCUT2D eigenvalue weighted by molar-refractivity contribution is -0.126. The second-order valence-electron chi connectivity index (χ2n) is 4.38. The summed E-state index contributed by atoms with van der Waals surface area (Å²) in [4.78, 5) is 39.3. The van der Waals surface area contributed by atoms with Gasteiger partial charge in [0.25, 0.3) is 0 Å². The molecular formula is C12H14N4O5. The summed E-state index contributed by atoms with van der Waals surface area (Å²) in [6, 6.07) is -0.145. The number of aromatic nitrogens is 1. The molecule has 0 spiro atoms. The number of nitrogens with zero attached hydrogens (tertiary/aromatic N) is 2. The topological polar surface area (TPSA) is 135 Å². The van der Waals surface area contributed by atoms with Crippen molar-refractivity contribution in [2.45, 2.75) is 6.04 Å². The number of nitrogens with two attached hydrogens (primary N) is 1. The van der Waals surface area contributed by atoms with Gasteiger partial charge in [0, 0.05) is 12.7 Å². The number of carboxylic acid groups (broad SMARTS) is 1. The predicted molar refractivity (Wildman–Crippen MR) is 70.7 cm³/mol. The number of rotatable bonds is 3. The van der Waals surface area contributed by atoms with Crippen molar-refractivity contribution < 1.29 is 24.2 Å². The van der Waals surface area contributed by atoms with E-state index in [0.717, 1.165) is 0 Å². The van der Waals surface area contributed by atoms with Crippen LogP contribution in [0.1, 0.15) is 10.4 Å². The van der Waals surface area contributed by atoms with E-state index < -0.39 is 23.9 Å². The molecule has 2 rings (SSSR count). The van der Waals surface area contributed by atoms with Gasteiger partial charge in [0.1, 0.15) is 6.04 Å². The fourth-order valence-corrected chi connectivity index (χ4v) is 1.90. The molecule has 1 aromatic rings. The number of urea groups is 1. The Bertz CT molecular complexity index is 577. The lowest BCUT2D eigenvalue weighted by Crippen LogP contribution is -2.55. The van der Waals surface area contributed by atoms with Gasteiger partial charge in [-0.05, 0) is 6.07 Å². The fourth-order valence-electron chi connectivity index (χ4n) is 1.90. The van der Waals surface area contributed by atoms with Gasteiger partial charge in [-0.15, -0.1) is 0 Å². The molecule has 2 heterocycles. The van der Waals surface area contributed by atoms with Crippen LogP contribution in [-0.4, -0.2) is 58.7 Å². The standard InChI is InChI=1S/C12H14N4O5/c13-10(17)9-6-21-2-1-16(9)12(20)15-8-3-7(11(18)19)4-14-5-8/h3-5,9H,1-2,6H2,(H2,13,17)(H,15,20)(H,18,19). The van der Waals surface area contributed by atoms with Crippen molar-refractivity contribution in [3.8, 4) is 0 Å². The summed E-state index contributed by atoms with van der Waals surface area (Å²) in [5.74, 6) is -1.82. The molecule has 0 bridgehead atoms. The molecular weight excluding hydrogens is 280 g/mol. The molecule has 112 valence electrons. The highest BCUT2D eigenvalue weighted by atomic mass is 16.5. The van der Waals surface area contributed by atoms with Crippen molar-refractivity contribution in [2.24, 2.45) is 5.73 Å². The third-order valence-corrected chi connectivity index (χ3v) is 2.95. The van der Waals surface area contributed by atoms with Crippen LogP contribution in [0.3, 0.4) is 0 Å². The Morgan fingerprint density at radius 3 is 2.86 bits per heavy atom. The Morgan fingerprint density at radius 2 is 2.19 bits per heavy atom. The number of ether oxygens (including phenoxy) is 1. The monoisotopic (exact) mass is 294 g/mol. The molecule has 0 aliphatic carbocycles. The first kappa shape index (κ1) is 14.7. The summed E-state index contributed by atoms with van der Waals surface area (Å²) in [5.41, 5.74) is 5.38. The molecule has 4 N–H and O–H groups in total. The van der Waals surface area contributed by atoms with Crippen molar-refractivity contribution in [3.05, 3.63) is 24.0 Å². The first-order valence-electron chi connectivity index (χ1n) is 6.12. The first-order chi connectivity index (χ1) is 9.99. The van der Waals surface area contributed by atoms with Gasteiger partial charge in [-0.3, -0.25) is 9.78 Å². The third-order valence-electron chi connectivity index (χ3n) is 2.95. The van der Waals surface area contributed by atoms with E-state index in [0.29, 0.717) is 6.61 Å². The maximum Gasteiger partial charge on any atom is 0.337 e. The number of carbonyl (C=O) groups is 3. The number of hydrogen-bond acceptors (Lipinski definition) is 5. The molecule has 1 aromatic heterocycles. The molecule has 21 heavy (non-hydrogen) atoms. The number of carbonyl (C=O) groups excluding carboxylic acids is 2. The molecule has 1 unspecified atom stereocenters. The number of amides is 3. The number of morpholine rings is 1. The van der Waals surface area contributed by atoms with Gasteiger partial charge in [-0.2, -0.15) is 0 Å². The minimum atomic E-state index is -1.15. The van der Waals surface area contributed by atoms with Crippen LogP contribution < -0.4 is 11.1 Å². The number of primary amides is 1. The van der Waals surface area contributed by atoms with Crippen molar-refractivity contribution in [2.75, 3.05) is 25.1 Å². The minimum Gasteiger partial charge on any atom is -0.478 e. The van der Waals surface area contributed by atoms with Crippen molar-refractivity contribution in [3.63, 3.8) is 0 Å².